The number of nitrogens with one attached hydrogen (secondary N) is 1. The molecule has 72 valence electrons. The summed E-state index contributed by atoms with van der Waals surface area (Å²) >= 11 is 3.43. The highest BCUT2D eigenvalue weighted by molar-refractivity contribution is 9.10. The molecule has 0 saturated carbocycles. The first kappa shape index (κ1) is 10.5. The number of halogens is 1. The third-order valence-corrected chi connectivity index (χ3v) is 2.18. The second-order valence-corrected chi connectivity index (χ2v) is 3.63. The van der Waals surface area contributed by atoms with E-state index in [4.69, 9.17) is 4.74 Å². The van der Waals surface area contributed by atoms with Crippen LogP contribution in [0, 0.1) is 0 Å². The van der Waals surface area contributed by atoms with Crippen molar-refractivity contribution < 1.29 is 4.74 Å². The van der Waals surface area contributed by atoms with Gasteiger partial charge in [-0.05, 0) is 32.2 Å². The van der Waals surface area contributed by atoms with E-state index in [9.17, 15) is 0 Å². The molecule has 0 aromatic heterocycles. The van der Waals surface area contributed by atoms with Crippen molar-refractivity contribution in [2.24, 2.45) is 0 Å². The predicted octanol–water partition coefficient (Wildman–Crippen LogP) is 2.57. The Morgan fingerprint density at radius 2 is 2.23 bits per heavy atom. The molecule has 0 aliphatic carbocycles. The molecule has 1 N–H and O–H groups in total. The van der Waals surface area contributed by atoms with Crippen LogP contribution in [0.1, 0.15) is 12.5 Å². The minimum atomic E-state index is 0.707. The largest absolute Gasteiger partial charge is 0.494 e. The fraction of sp³-hybridized carbons (Fsp3) is 0.400. The van der Waals surface area contributed by atoms with Crippen molar-refractivity contribution in [1.29, 1.82) is 0 Å². The Bertz CT molecular complexity index is 276. The van der Waals surface area contributed by atoms with Gasteiger partial charge in [-0.25, -0.2) is 0 Å². The number of benzene rings is 1. The van der Waals surface area contributed by atoms with Crippen molar-refractivity contribution in [1.82, 2.24) is 5.32 Å². The van der Waals surface area contributed by atoms with Crippen LogP contribution < -0.4 is 10.1 Å². The molecule has 0 unspecified atom stereocenters. The predicted molar refractivity (Wildman–Crippen MR) is 58.1 cm³/mol. The highest BCUT2D eigenvalue weighted by atomic mass is 79.9. The second kappa shape index (κ2) is 5.25. The van der Waals surface area contributed by atoms with Crippen LogP contribution in [0.25, 0.3) is 0 Å². The van der Waals surface area contributed by atoms with Crippen molar-refractivity contribution in [2.75, 3.05) is 13.7 Å². The second-order valence-electron chi connectivity index (χ2n) is 2.72. The summed E-state index contributed by atoms with van der Waals surface area (Å²) in [6, 6.07) is 6.05. The fourth-order valence-electron chi connectivity index (χ4n) is 1.17. The van der Waals surface area contributed by atoms with Gasteiger partial charge >= 0.3 is 0 Å². The molecule has 0 atom stereocenters. The lowest BCUT2D eigenvalue weighted by Gasteiger charge is -2.09. The Balaban J connectivity index is 2.89. The topological polar surface area (TPSA) is 21.3 Å². The van der Waals surface area contributed by atoms with Gasteiger partial charge in [-0.1, -0.05) is 15.9 Å². The zero-order valence-electron chi connectivity index (χ0n) is 7.93. The molecule has 0 aliphatic rings. The molecule has 2 nitrogen and oxygen atoms in total. The van der Waals surface area contributed by atoms with E-state index in [1.807, 2.05) is 26.1 Å². The van der Waals surface area contributed by atoms with Crippen LogP contribution in [0.15, 0.2) is 22.7 Å². The van der Waals surface area contributed by atoms with Crippen molar-refractivity contribution in [2.45, 2.75) is 13.5 Å². The molecule has 0 radical (unpaired) electrons. The molecular formula is C10H14BrNO. The number of rotatable bonds is 4. The summed E-state index contributed by atoms with van der Waals surface area (Å²) in [5, 5.41) is 3.11. The van der Waals surface area contributed by atoms with Crippen molar-refractivity contribution in [3.05, 3.63) is 28.2 Å². The van der Waals surface area contributed by atoms with Gasteiger partial charge in [0.05, 0.1) is 6.61 Å². The number of hydrogen-bond donors (Lipinski definition) is 1. The normalized spacial score (nSPS) is 10.1. The van der Waals surface area contributed by atoms with E-state index in [2.05, 4.69) is 27.3 Å². The summed E-state index contributed by atoms with van der Waals surface area (Å²) in [7, 11) is 1.93. The summed E-state index contributed by atoms with van der Waals surface area (Å²) < 4.78 is 6.57. The summed E-state index contributed by atoms with van der Waals surface area (Å²) in [5.74, 6) is 0.958. The van der Waals surface area contributed by atoms with Gasteiger partial charge in [-0.3, -0.25) is 0 Å². The molecule has 0 heterocycles. The first-order valence-corrected chi connectivity index (χ1v) is 5.13. The molecule has 0 aliphatic heterocycles. The maximum absolute atomic E-state index is 5.48. The summed E-state index contributed by atoms with van der Waals surface area (Å²) in [5.41, 5.74) is 1.18. The van der Waals surface area contributed by atoms with Gasteiger partial charge in [-0.15, -0.1) is 0 Å². The summed E-state index contributed by atoms with van der Waals surface area (Å²) in [4.78, 5) is 0. The van der Waals surface area contributed by atoms with Gasteiger partial charge in [0, 0.05) is 16.6 Å². The highest BCUT2D eigenvalue weighted by Crippen LogP contribution is 2.22. The van der Waals surface area contributed by atoms with Crippen LogP contribution in [-0.2, 0) is 6.54 Å². The van der Waals surface area contributed by atoms with E-state index in [1.165, 1.54) is 5.56 Å². The lowest BCUT2D eigenvalue weighted by Crippen LogP contribution is -2.07. The van der Waals surface area contributed by atoms with Crippen molar-refractivity contribution >= 4 is 15.9 Å². The minimum absolute atomic E-state index is 0.707. The number of hydrogen-bond acceptors (Lipinski definition) is 2. The van der Waals surface area contributed by atoms with Crippen LogP contribution in [0.2, 0.25) is 0 Å². The zero-order valence-corrected chi connectivity index (χ0v) is 9.52. The lowest BCUT2D eigenvalue weighted by atomic mass is 10.2. The average Bonchev–Trinajstić information content (AvgIpc) is 2.10. The molecule has 0 saturated heterocycles. The Labute approximate surface area is 87.4 Å². The highest BCUT2D eigenvalue weighted by Gasteiger charge is 2.02. The first-order valence-electron chi connectivity index (χ1n) is 4.33. The first-order chi connectivity index (χ1) is 6.27. The molecule has 1 aromatic carbocycles. The van der Waals surface area contributed by atoms with Crippen molar-refractivity contribution in [3.8, 4) is 5.75 Å². The molecule has 1 aromatic rings. The maximum Gasteiger partial charge on any atom is 0.123 e. The van der Waals surface area contributed by atoms with Gasteiger partial charge in [-0.2, -0.15) is 0 Å². The molecule has 3 heteroatoms. The van der Waals surface area contributed by atoms with Crippen LogP contribution >= 0.6 is 15.9 Å². The average molecular weight is 244 g/mol. The Kier molecular flexibility index (Phi) is 4.25. The summed E-state index contributed by atoms with van der Waals surface area (Å²) in [6.45, 7) is 3.53. The van der Waals surface area contributed by atoms with Crippen LogP contribution in [0.5, 0.6) is 5.75 Å². The third-order valence-electron chi connectivity index (χ3n) is 1.69. The molecular weight excluding hydrogens is 230 g/mol. The standard InChI is InChI=1S/C10H14BrNO/c1-3-13-10-5-4-9(11)6-8(10)7-12-2/h4-6,12H,3,7H2,1-2H3. The van der Waals surface area contributed by atoms with E-state index in [0.29, 0.717) is 6.61 Å². The minimum Gasteiger partial charge on any atom is -0.494 e. The number of ether oxygens (including phenoxy) is 1. The van der Waals surface area contributed by atoms with Crippen LogP contribution in [0.4, 0.5) is 0 Å². The smallest absolute Gasteiger partial charge is 0.123 e. The van der Waals surface area contributed by atoms with E-state index in [1.54, 1.807) is 0 Å². The van der Waals surface area contributed by atoms with Crippen molar-refractivity contribution in [3.63, 3.8) is 0 Å². The summed E-state index contributed by atoms with van der Waals surface area (Å²) in [6.07, 6.45) is 0. The van der Waals surface area contributed by atoms with Gasteiger partial charge in [0.2, 0.25) is 0 Å². The molecule has 0 bridgehead atoms. The maximum atomic E-state index is 5.48. The quantitative estimate of drug-likeness (QED) is 0.878. The van der Waals surface area contributed by atoms with Crippen LogP contribution in [0.3, 0.4) is 0 Å². The van der Waals surface area contributed by atoms with Gasteiger partial charge in [0.15, 0.2) is 0 Å². The molecule has 0 fully saturated rings. The fourth-order valence-corrected chi connectivity index (χ4v) is 1.58. The van der Waals surface area contributed by atoms with Gasteiger partial charge < -0.3 is 10.1 Å². The Hall–Kier alpha value is -0.540. The zero-order chi connectivity index (χ0) is 9.68. The van der Waals surface area contributed by atoms with E-state index in [-0.39, 0.29) is 0 Å². The van der Waals surface area contributed by atoms with Gasteiger partial charge in [0.1, 0.15) is 5.75 Å². The monoisotopic (exact) mass is 243 g/mol. The molecule has 0 spiro atoms. The molecule has 0 amide bonds. The van der Waals surface area contributed by atoms with E-state index in [0.717, 1.165) is 16.8 Å². The van der Waals surface area contributed by atoms with Crippen LogP contribution in [-0.4, -0.2) is 13.7 Å². The Morgan fingerprint density at radius 3 is 2.85 bits per heavy atom. The third kappa shape index (κ3) is 3.01. The van der Waals surface area contributed by atoms with E-state index < -0.39 is 0 Å². The Morgan fingerprint density at radius 1 is 1.46 bits per heavy atom. The molecule has 13 heavy (non-hydrogen) atoms. The molecule has 1 rings (SSSR count). The lowest BCUT2D eigenvalue weighted by molar-refractivity contribution is 0.336. The van der Waals surface area contributed by atoms with Gasteiger partial charge in [0.25, 0.3) is 0 Å². The SMILES string of the molecule is CCOc1ccc(Br)cc1CNC. The van der Waals surface area contributed by atoms with E-state index >= 15 is 0 Å².